The lowest BCUT2D eigenvalue weighted by atomic mass is 10.1. The number of nitrogens with zero attached hydrogens (tertiary/aromatic N) is 2. The minimum atomic E-state index is 0.383. The molecule has 1 heterocycles. The van der Waals surface area contributed by atoms with Crippen molar-refractivity contribution in [2.24, 2.45) is 5.73 Å². The number of likely N-dealkylation sites (N-methyl/N-ethyl adjacent to an activating group) is 1. The fourth-order valence-electron chi connectivity index (χ4n) is 2.08. The Morgan fingerprint density at radius 2 is 1.64 bits per heavy atom. The molecule has 1 rings (SSSR count). The first-order chi connectivity index (χ1) is 6.76. The van der Waals surface area contributed by atoms with Gasteiger partial charge in [0.25, 0.3) is 0 Å². The van der Waals surface area contributed by atoms with Crippen molar-refractivity contribution in [1.82, 2.24) is 9.80 Å². The summed E-state index contributed by atoms with van der Waals surface area (Å²) in [5.41, 5.74) is 6.03. The van der Waals surface area contributed by atoms with Crippen LogP contribution in [0.15, 0.2) is 0 Å². The van der Waals surface area contributed by atoms with Crippen molar-refractivity contribution in [3.63, 3.8) is 0 Å². The van der Waals surface area contributed by atoms with Gasteiger partial charge in [-0.3, -0.25) is 4.90 Å². The first-order valence-electron chi connectivity index (χ1n) is 5.96. The Hall–Kier alpha value is -0.120. The average molecular weight is 199 g/mol. The van der Waals surface area contributed by atoms with Gasteiger partial charge in [0.1, 0.15) is 0 Å². The van der Waals surface area contributed by atoms with E-state index in [0.717, 1.165) is 13.0 Å². The molecule has 0 spiro atoms. The highest BCUT2D eigenvalue weighted by Crippen LogP contribution is 2.03. The maximum Gasteiger partial charge on any atom is 0.0167 e. The molecule has 0 aliphatic carbocycles. The summed E-state index contributed by atoms with van der Waals surface area (Å²) < 4.78 is 0. The average Bonchev–Trinajstić information content (AvgIpc) is 2.19. The summed E-state index contributed by atoms with van der Waals surface area (Å²) in [6.07, 6.45) is 2.37. The van der Waals surface area contributed by atoms with E-state index in [1.54, 1.807) is 0 Å². The third kappa shape index (κ3) is 3.95. The van der Waals surface area contributed by atoms with Crippen molar-refractivity contribution in [1.29, 1.82) is 0 Å². The molecule has 0 amide bonds. The van der Waals surface area contributed by atoms with Gasteiger partial charge >= 0.3 is 0 Å². The zero-order valence-electron chi connectivity index (χ0n) is 9.71. The molecular weight excluding hydrogens is 174 g/mol. The van der Waals surface area contributed by atoms with E-state index in [1.165, 1.54) is 39.1 Å². The predicted octanol–water partition coefficient (Wildman–Crippen LogP) is 0.751. The van der Waals surface area contributed by atoms with Crippen LogP contribution in [0.1, 0.15) is 26.7 Å². The number of hydrogen-bond donors (Lipinski definition) is 1. The number of nitrogens with two attached hydrogens (primary N) is 1. The molecule has 0 aromatic heterocycles. The molecule has 3 heteroatoms. The zero-order valence-corrected chi connectivity index (χ0v) is 9.71. The normalized spacial score (nSPS) is 22.5. The predicted molar refractivity (Wildman–Crippen MR) is 61.4 cm³/mol. The molecule has 1 saturated heterocycles. The standard InChI is InChI=1S/C11H25N3/c1-3-5-11(12)10-14-8-6-13(4-2)7-9-14/h11H,3-10,12H2,1-2H3/t11-/m1/s1. The Kier molecular flexibility index (Phi) is 5.45. The van der Waals surface area contributed by atoms with Crippen molar-refractivity contribution in [3.8, 4) is 0 Å². The molecule has 84 valence electrons. The first-order valence-corrected chi connectivity index (χ1v) is 5.96. The lowest BCUT2D eigenvalue weighted by Gasteiger charge is -2.35. The van der Waals surface area contributed by atoms with Gasteiger partial charge in [-0.15, -0.1) is 0 Å². The zero-order chi connectivity index (χ0) is 10.4. The summed E-state index contributed by atoms with van der Waals surface area (Å²) in [5, 5.41) is 0. The van der Waals surface area contributed by atoms with Crippen LogP contribution in [0, 0.1) is 0 Å². The van der Waals surface area contributed by atoms with Gasteiger partial charge in [-0.05, 0) is 13.0 Å². The molecule has 1 aliphatic rings. The van der Waals surface area contributed by atoms with E-state index in [-0.39, 0.29) is 0 Å². The molecule has 0 saturated carbocycles. The fraction of sp³-hybridized carbons (Fsp3) is 1.00. The van der Waals surface area contributed by atoms with Crippen molar-refractivity contribution in [3.05, 3.63) is 0 Å². The van der Waals surface area contributed by atoms with Gasteiger partial charge < -0.3 is 10.6 Å². The Morgan fingerprint density at radius 3 is 2.14 bits per heavy atom. The molecule has 0 bridgehead atoms. The van der Waals surface area contributed by atoms with Crippen LogP contribution in [0.25, 0.3) is 0 Å². The first kappa shape index (κ1) is 12.0. The largest absolute Gasteiger partial charge is 0.327 e. The summed E-state index contributed by atoms with van der Waals surface area (Å²) in [4.78, 5) is 5.01. The molecule has 0 aromatic rings. The highest BCUT2D eigenvalue weighted by Gasteiger charge is 2.16. The van der Waals surface area contributed by atoms with E-state index < -0.39 is 0 Å². The Labute approximate surface area is 88.2 Å². The van der Waals surface area contributed by atoms with Gasteiger partial charge in [0, 0.05) is 38.8 Å². The SMILES string of the molecule is CCC[C@@H](N)CN1CCN(CC)CC1. The van der Waals surface area contributed by atoms with E-state index in [1.807, 2.05) is 0 Å². The monoisotopic (exact) mass is 199 g/mol. The maximum absolute atomic E-state index is 6.03. The van der Waals surface area contributed by atoms with Crippen molar-refractivity contribution in [2.45, 2.75) is 32.7 Å². The van der Waals surface area contributed by atoms with Crippen LogP contribution in [-0.2, 0) is 0 Å². The molecule has 2 N–H and O–H groups in total. The van der Waals surface area contributed by atoms with Gasteiger partial charge in [-0.2, -0.15) is 0 Å². The van der Waals surface area contributed by atoms with E-state index in [9.17, 15) is 0 Å². The van der Waals surface area contributed by atoms with Crippen molar-refractivity contribution >= 4 is 0 Å². The maximum atomic E-state index is 6.03. The second kappa shape index (κ2) is 6.38. The van der Waals surface area contributed by atoms with Crippen LogP contribution >= 0.6 is 0 Å². The van der Waals surface area contributed by atoms with E-state index >= 15 is 0 Å². The third-order valence-electron chi connectivity index (χ3n) is 3.06. The fourth-order valence-corrected chi connectivity index (χ4v) is 2.08. The second-order valence-electron chi connectivity index (χ2n) is 4.28. The summed E-state index contributed by atoms with van der Waals surface area (Å²) in [7, 11) is 0. The van der Waals surface area contributed by atoms with Crippen LogP contribution in [0.5, 0.6) is 0 Å². The Morgan fingerprint density at radius 1 is 1.07 bits per heavy atom. The van der Waals surface area contributed by atoms with Crippen LogP contribution in [-0.4, -0.2) is 55.1 Å². The van der Waals surface area contributed by atoms with Crippen LogP contribution in [0.2, 0.25) is 0 Å². The molecule has 1 aliphatic heterocycles. The lowest BCUT2D eigenvalue weighted by molar-refractivity contribution is 0.130. The summed E-state index contributed by atoms with van der Waals surface area (Å²) in [5.74, 6) is 0. The summed E-state index contributed by atoms with van der Waals surface area (Å²) in [6, 6.07) is 0.383. The minimum absolute atomic E-state index is 0.383. The lowest BCUT2D eigenvalue weighted by Crippen LogP contribution is -2.49. The van der Waals surface area contributed by atoms with Gasteiger partial charge in [-0.1, -0.05) is 20.3 Å². The van der Waals surface area contributed by atoms with E-state index in [0.29, 0.717) is 6.04 Å². The van der Waals surface area contributed by atoms with E-state index in [4.69, 9.17) is 5.73 Å². The molecule has 0 aromatic carbocycles. The topological polar surface area (TPSA) is 32.5 Å². The highest BCUT2D eigenvalue weighted by atomic mass is 15.3. The molecule has 1 fully saturated rings. The minimum Gasteiger partial charge on any atom is -0.327 e. The highest BCUT2D eigenvalue weighted by molar-refractivity contribution is 4.74. The van der Waals surface area contributed by atoms with Crippen LogP contribution in [0.3, 0.4) is 0 Å². The molecular formula is C11H25N3. The van der Waals surface area contributed by atoms with Crippen molar-refractivity contribution in [2.75, 3.05) is 39.3 Å². The van der Waals surface area contributed by atoms with Gasteiger partial charge in [-0.25, -0.2) is 0 Å². The van der Waals surface area contributed by atoms with E-state index in [2.05, 4.69) is 23.6 Å². The van der Waals surface area contributed by atoms with Gasteiger partial charge in [0.05, 0.1) is 0 Å². The smallest absolute Gasteiger partial charge is 0.0167 e. The molecule has 0 unspecified atom stereocenters. The second-order valence-corrected chi connectivity index (χ2v) is 4.28. The van der Waals surface area contributed by atoms with Crippen LogP contribution in [0.4, 0.5) is 0 Å². The molecule has 1 atom stereocenters. The molecule has 0 radical (unpaired) electrons. The van der Waals surface area contributed by atoms with Crippen LogP contribution < -0.4 is 5.73 Å². The summed E-state index contributed by atoms with van der Waals surface area (Å²) in [6.45, 7) is 11.6. The van der Waals surface area contributed by atoms with Crippen molar-refractivity contribution < 1.29 is 0 Å². The number of rotatable bonds is 5. The quantitative estimate of drug-likeness (QED) is 0.709. The third-order valence-corrected chi connectivity index (χ3v) is 3.06. The summed E-state index contributed by atoms with van der Waals surface area (Å²) >= 11 is 0. The number of hydrogen-bond acceptors (Lipinski definition) is 3. The molecule has 14 heavy (non-hydrogen) atoms. The van der Waals surface area contributed by atoms with Gasteiger partial charge in [0.2, 0.25) is 0 Å². The number of piperazine rings is 1. The Balaban J connectivity index is 2.15. The molecule has 3 nitrogen and oxygen atoms in total. The van der Waals surface area contributed by atoms with Gasteiger partial charge in [0.15, 0.2) is 0 Å². The Bertz CT molecular complexity index is 141.